The van der Waals surface area contributed by atoms with Gasteiger partial charge in [0, 0.05) is 30.9 Å². The van der Waals surface area contributed by atoms with Crippen LogP contribution in [0.1, 0.15) is 17.3 Å². The highest BCUT2D eigenvalue weighted by atomic mass is 35.5. The molecule has 1 aliphatic rings. The predicted octanol–water partition coefficient (Wildman–Crippen LogP) is 2.90. The molecule has 0 bridgehead atoms. The third-order valence-corrected chi connectivity index (χ3v) is 5.73. The number of aromatic nitrogens is 3. The van der Waals surface area contributed by atoms with Gasteiger partial charge in [-0.1, -0.05) is 23.7 Å². The molecule has 5 rings (SSSR count). The van der Waals surface area contributed by atoms with Gasteiger partial charge in [0.2, 0.25) is 0 Å². The molecule has 2 N–H and O–H groups in total. The molecular weight excluding hydrogens is 392 g/mol. The zero-order valence-corrected chi connectivity index (χ0v) is 16.4. The van der Waals surface area contributed by atoms with Crippen LogP contribution in [0.15, 0.2) is 58.3 Å². The normalized spacial score (nSPS) is 15.1. The zero-order valence-electron chi connectivity index (χ0n) is 15.7. The van der Waals surface area contributed by atoms with Gasteiger partial charge in [-0.25, -0.2) is 4.79 Å². The van der Waals surface area contributed by atoms with Gasteiger partial charge < -0.3 is 15.0 Å². The van der Waals surface area contributed by atoms with Crippen molar-refractivity contribution >= 4 is 28.2 Å². The van der Waals surface area contributed by atoms with Gasteiger partial charge in [0.25, 0.3) is 5.56 Å². The number of aryl methyl sites for hydroxylation is 1. The monoisotopic (exact) mass is 408 g/mol. The molecule has 4 aromatic rings. The quantitative estimate of drug-likeness (QED) is 0.507. The van der Waals surface area contributed by atoms with E-state index in [1.807, 2.05) is 28.8 Å². The Balaban J connectivity index is 1.96. The summed E-state index contributed by atoms with van der Waals surface area (Å²) in [4.78, 5) is 25.5. The van der Waals surface area contributed by atoms with Gasteiger partial charge in [0.05, 0.1) is 34.0 Å². The van der Waals surface area contributed by atoms with E-state index in [9.17, 15) is 14.7 Å². The van der Waals surface area contributed by atoms with Crippen LogP contribution >= 0.6 is 11.6 Å². The average molecular weight is 409 g/mol. The standard InChI is InChI=1S/C21H17ClN4O3/c1-24-18-13(20(28)25(2)21(24)29)10-26-15-6-4-3-5-14(15)23-17(19(18)26)12-9-11(22)7-8-16(12)27/h3-10,17,23,27H,1-2H3/t17-/m1/s1. The number of fused-ring (bicyclic) bond motifs is 5. The van der Waals surface area contributed by atoms with E-state index < -0.39 is 11.7 Å². The van der Waals surface area contributed by atoms with Crippen LogP contribution < -0.4 is 16.6 Å². The molecule has 1 atom stereocenters. The lowest BCUT2D eigenvalue weighted by Gasteiger charge is -2.30. The summed E-state index contributed by atoms with van der Waals surface area (Å²) in [6.07, 6.45) is 1.75. The Kier molecular flexibility index (Phi) is 3.66. The minimum atomic E-state index is -0.515. The van der Waals surface area contributed by atoms with Crippen LogP contribution in [0.4, 0.5) is 5.69 Å². The highest BCUT2D eigenvalue weighted by Gasteiger charge is 2.32. The summed E-state index contributed by atoms with van der Waals surface area (Å²) in [5.74, 6) is 0.0704. The van der Waals surface area contributed by atoms with Crippen LogP contribution in [0.25, 0.3) is 16.6 Å². The molecule has 0 saturated heterocycles. The maximum Gasteiger partial charge on any atom is 0.331 e. The second-order valence-electron chi connectivity index (χ2n) is 7.15. The van der Waals surface area contributed by atoms with Gasteiger partial charge in [0.15, 0.2) is 0 Å². The topological polar surface area (TPSA) is 81.2 Å². The molecule has 8 heteroatoms. The van der Waals surface area contributed by atoms with E-state index in [2.05, 4.69) is 5.32 Å². The summed E-state index contributed by atoms with van der Waals surface area (Å²) < 4.78 is 4.47. The van der Waals surface area contributed by atoms with E-state index in [1.54, 1.807) is 25.4 Å². The number of benzene rings is 2. The minimum Gasteiger partial charge on any atom is -0.508 e. The second-order valence-corrected chi connectivity index (χ2v) is 7.59. The molecule has 1 aliphatic heterocycles. The van der Waals surface area contributed by atoms with Crippen molar-refractivity contribution < 1.29 is 5.11 Å². The number of nitrogens with one attached hydrogen (secondary N) is 1. The molecule has 146 valence electrons. The number of hydrogen-bond acceptors (Lipinski definition) is 4. The lowest BCUT2D eigenvalue weighted by atomic mass is 9.98. The highest BCUT2D eigenvalue weighted by Crippen LogP contribution is 2.43. The third-order valence-electron chi connectivity index (χ3n) is 5.50. The lowest BCUT2D eigenvalue weighted by Crippen LogP contribution is -2.37. The Bertz CT molecular complexity index is 1430. The second kappa shape index (κ2) is 6.02. The molecular formula is C21H17ClN4O3. The van der Waals surface area contributed by atoms with Crippen molar-refractivity contribution in [2.45, 2.75) is 6.04 Å². The Hall–Kier alpha value is -3.45. The number of hydrogen-bond donors (Lipinski definition) is 2. The smallest absolute Gasteiger partial charge is 0.331 e. The Labute approximate surface area is 170 Å². The average Bonchev–Trinajstić information content (AvgIpc) is 3.13. The van der Waals surface area contributed by atoms with Crippen LogP contribution in [0.5, 0.6) is 5.75 Å². The fraction of sp³-hybridized carbons (Fsp3) is 0.143. The van der Waals surface area contributed by atoms with E-state index in [-0.39, 0.29) is 11.3 Å². The van der Waals surface area contributed by atoms with E-state index >= 15 is 0 Å². The maximum atomic E-state index is 12.8. The number of nitrogens with zero attached hydrogens (tertiary/aromatic N) is 3. The fourth-order valence-electron chi connectivity index (χ4n) is 4.10. The number of phenols is 1. The molecule has 2 aromatic carbocycles. The number of anilines is 1. The summed E-state index contributed by atoms with van der Waals surface area (Å²) in [6.45, 7) is 0. The van der Waals surface area contributed by atoms with Crippen LogP contribution in [0.2, 0.25) is 5.02 Å². The summed E-state index contributed by atoms with van der Waals surface area (Å²) in [6, 6.07) is 12.0. The fourth-order valence-corrected chi connectivity index (χ4v) is 4.28. The van der Waals surface area contributed by atoms with Crippen molar-refractivity contribution in [1.82, 2.24) is 13.7 Å². The molecule has 0 amide bonds. The number of phenolic OH excluding ortho intramolecular Hbond substituents is 1. The van der Waals surface area contributed by atoms with Gasteiger partial charge in [-0.3, -0.25) is 13.9 Å². The van der Waals surface area contributed by atoms with Crippen molar-refractivity contribution in [2.75, 3.05) is 5.32 Å². The van der Waals surface area contributed by atoms with E-state index in [0.717, 1.165) is 15.9 Å². The van der Waals surface area contributed by atoms with Crippen LogP contribution in [0, 0.1) is 0 Å². The summed E-state index contributed by atoms with van der Waals surface area (Å²) >= 11 is 6.20. The third kappa shape index (κ3) is 2.37. The molecule has 7 nitrogen and oxygen atoms in total. The van der Waals surface area contributed by atoms with Gasteiger partial charge >= 0.3 is 5.69 Å². The highest BCUT2D eigenvalue weighted by molar-refractivity contribution is 6.30. The van der Waals surface area contributed by atoms with Gasteiger partial charge in [-0.2, -0.15) is 0 Å². The molecule has 29 heavy (non-hydrogen) atoms. The number of rotatable bonds is 1. The van der Waals surface area contributed by atoms with Gasteiger partial charge in [-0.05, 0) is 30.3 Å². The Morgan fingerprint density at radius 1 is 1.07 bits per heavy atom. The minimum absolute atomic E-state index is 0.0704. The van der Waals surface area contributed by atoms with Crippen molar-refractivity contribution in [1.29, 1.82) is 0 Å². The predicted molar refractivity (Wildman–Crippen MR) is 112 cm³/mol. The van der Waals surface area contributed by atoms with Crippen molar-refractivity contribution in [2.24, 2.45) is 14.1 Å². The first-order valence-corrected chi connectivity index (χ1v) is 9.41. The van der Waals surface area contributed by atoms with E-state index in [0.29, 0.717) is 27.2 Å². The first-order valence-electron chi connectivity index (χ1n) is 9.04. The summed E-state index contributed by atoms with van der Waals surface area (Å²) in [7, 11) is 3.10. The van der Waals surface area contributed by atoms with Crippen molar-refractivity contribution in [3.05, 3.63) is 85.8 Å². The van der Waals surface area contributed by atoms with E-state index in [4.69, 9.17) is 11.6 Å². The van der Waals surface area contributed by atoms with Crippen molar-refractivity contribution in [3.8, 4) is 11.4 Å². The summed E-state index contributed by atoms with van der Waals surface area (Å²) in [5.41, 5.74) is 2.68. The number of aromatic hydroxyl groups is 1. The molecule has 2 aromatic heterocycles. The van der Waals surface area contributed by atoms with Gasteiger partial charge in [0.1, 0.15) is 5.75 Å². The molecule has 0 fully saturated rings. The molecule has 0 aliphatic carbocycles. The molecule has 3 heterocycles. The van der Waals surface area contributed by atoms with Crippen LogP contribution in [-0.4, -0.2) is 18.8 Å². The SMILES string of the molecule is Cn1c(=O)c2cn3c(c2n(C)c1=O)[C@@H](c1cc(Cl)ccc1O)Nc1ccccc1-3. The van der Waals surface area contributed by atoms with Crippen molar-refractivity contribution in [3.63, 3.8) is 0 Å². The zero-order chi connectivity index (χ0) is 20.4. The van der Waals surface area contributed by atoms with E-state index in [1.165, 1.54) is 17.7 Å². The number of para-hydroxylation sites is 2. The Morgan fingerprint density at radius 3 is 2.62 bits per heavy atom. The summed E-state index contributed by atoms with van der Waals surface area (Å²) in [5, 5.41) is 14.9. The number of halogens is 1. The van der Waals surface area contributed by atoms with Crippen LogP contribution in [-0.2, 0) is 14.1 Å². The maximum absolute atomic E-state index is 12.8. The molecule has 0 saturated carbocycles. The largest absolute Gasteiger partial charge is 0.508 e. The molecule has 0 radical (unpaired) electrons. The first-order chi connectivity index (χ1) is 13.9. The van der Waals surface area contributed by atoms with Crippen LogP contribution in [0.3, 0.4) is 0 Å². The first kappa shape index (κ1) is 17.6. The lowest BCUT2D eigenvalue weighted by molar-refractivity contribution is 0.465. The molecule has 0 unspecified atom stereocenters. The van der Waals surface area contributed by atoms with Gasteiger partial charge in [-0.15, -0.1) is 0 Å². The molecule has 0 spiro atoms. The Morgan fingerprint density at radius 2 is 1.83 bits per heavy atom.